The molecular weight excluding hydrogens is 412 g/mol. The van der Waals surface area contributed by atoms with Gasteiger partial charge in [-0.1, -0.05) is 121 Å². The molecule has 0 N–H and O–H groups in total. The summed E-state index contributed by atoms with van der Waals surface area (Å²) in [5.74, 6) is 0. The van der Waals surface area contributed by atoms with Gasteiger partial charge >= 0.3 is 0 Å². The molecule has 0 amide bonds. The summed E-state index contributed by atoms with van der Waals surface area (Å²) in [5.41, 5.74) is 2.82. The number of fused-ring (bicyclic) bond motifs is 6. The summed E-state index contributed by atoms with van der Waals surface area (Å²) in [4.78, 5) is 0. The van der Waals surface area contributed by atoms with Gasteiger partial charge in [-0.25, -0.2) is 0 Å². The number of benzene rings is 6. The van der Waals surface area contributed by atoms with Gasteiger partial charge < -0.3 is 0 Å². The maximum absolute atomic E-state index is 2.43. The molecule has 6 aromatic rings. The van der Waals surface area contributed by atoms with Gasteiger partial charge in [0.15, 0.2) is 8.07 Å². The van der Waals surface area contributed by atoms with Crippen molar-refractivity contribution in [3.05, 3.63) is 133 Å². The molecule has 1 heteroatoms. The smallest absolute Gasteiger partial charge is 0.0623 e. The van der Waals surface area contributed by atoms with Crippen LogP contribution in [0.3, 0.4) is 0 Å². The van der Waals surface area contributed by atoms with Crippen molar-refractivity contribution in [2.45, 2.75) is 0 Å². The van der Waals surface area contributed by atoms with Gasteiger partial charge in [0.1, 0.15) is 0 Å². The molecule has 7 rings (SSSR count). The van der Waals surface area contributed by atoms with Crippen LogP contribution in [-0.4, -0.2) is 8.07 Å². The highest BCUT2D eigenvalue weighted by Crippen LogP contribution is 2.36. The third kappa shape index (κ3) is 2.51. The molecule has 1 heterocycles. The molecule has 0 nitrogen and oxygen atoms in total. The highest BCUT2D eigenvalue weighted by Gasteiger charge is 2.48. The average Bonchev–Trinajstić information content (AvgIpc) is 3.20. The highest BCUT2D eigenvalue weighted by atomic mass is 28.3. The van der Waals surface area contributed by atoms with Gasteiger partial charge in [0.05, 0.1) is 0 Å². The van der Waals surface area contributed by atoms with Crippen LogP contribution >= 0.6 is 0 Å². The van der Waals surface area contributed by atoms with Crippen LogP contribution in [-0.2, 0) is 0 Å². The maximum Gasteiger partial charge on any atom is 0.180 e. The minimum absolute atomic E-state index is 1.30. The molecule has 0 fully saturated rings. The Balaban J connectivity index is 1.69. The minimum atomic E-state index is -2.41. The first-order valence-corrected chi connectivity index (χ1v) is 13.5. The lowest BCUT2D eigenvalue weighted by Crippen LogP contribution is -2.72. The van der Waals surface area contributed by atoms with E-state index < -0.39 is 8.07 Å². The number of rotatable bonds is 2. The van der Waals surface area contributed by atoms with E-state index in [0.29, 0.717) is 0 Å². The lowest BCUT2D eigenvalue weighted by atomic mass is 9.96. The second-order valence-electron chi connectivity index (χ2n) is 8.94. The first-order valence-electron chi connectivity index (χ1n) is 11.5. The van der Waals surface area contributed by atoms with Crippen molar-refractivity contribution < 1.29 is 0 Å². The molecular formula is C32H22Si. The summed E-state index contributed by atoms with van der Waals surface area (Å²) in [7, 11) is -2.41. The molecule has 33 heavy (non-hydrogen) atoms. The van der Waals surface area contributed by atoms with Crippen LogP contribution in [0.25, 0.3) is 32.7 Å². The van der Waals surface area contributed by atoms with Crippen LogP contribution in [0.1, 0.15) is 0 Å². The maximum atomic E-state index is 2.43. The molecule has 0 unspecified atom stereocenters. The van der Waals surface area contributed by atoms with E-state index in [2.05, 4.69) is 133 Å². The zero-order chi connectivity index (χ0) is 21.8. The average molecular weight is 435 g/mol. The predicted octanol–water partition coefficient (Wildman–Crippen LogP) is 5.35. The molecule has 0 spiro atoms. The van der Waals surface area contributed by atoms with Crippen molar-refractivity contribution in [1.82, 2.24) is 0 Å². The van der Waals surface area contributed by atoms with Crippen LogP contribution in [0.5, 0.6) is 0 Å². The molecule has 1 aliphatic rings. The van der Waals surface area contributed by atoms with E-state index in [4.69, 9.17) is 0 Å². The standard InChI is InChI=1S/C32H22Si/c1-3-13-26(14-4-1)33(27-15-5-2-6-16-27)30-18-10-9-17-28(30)32-29-22-24-12-8-7-11-23(24)21-25(29)19-20-31(32)33/h1-22H. The Bertz CT molecular complexity index is 1610. The Labute approximate surface area is 194 Å². The fourth-order valence-corrected chi connectivity index (χ4v) is 11.1. The van der Waals surface area contributed by atoms with Crippen molar-refractivity contribution in [2.75, 3.05) is 0 Å². The Morgan fingerprint density at radius 3 is 1.67 bits per heavy atom. The van der Waals surface area contributed by atoms with Gasteiger partial charge in [-0.2, -0.15) is 0 Å². The summed E-state index contributed by atoms with van der Waals surface area (Å²) in [6.45, 7) is 0. The van der Waals surface area contributed by atoms with Crippen molar-refractivity contribution in [2.24, 2.45) is 0 Å². The zero-order valence-electron chi connectivity index (χ0n) is 18.2. The summed E-state index contributed by atoms with van der Waals surface area (Å²) in [5, 5.41) is 11.2. The molecule has 0 atom stereocenters. The van der Waals surface area contributed by atoms with Crippen LogP contribution < -0.4 is 20.7 Å². The molecule has 0 aromatic heterocycles. The van der Waals surface area contributed by atoms with E-state index in [0.717, 1.165) is 0 Å². The monoisotopic (exact) mass is 434 g/mol. The molecule has 0 saturated heterocycles. The number of hydrogen-bond acceptors (Lipinski definition) is 0. The lowest BCUT2D eigenvalue weighted by Gasteiger charge is -2.31. The second-order valence-corrected chi connectivity index (χ2v) is 12.7. The molecule has 0 aliphatic carbocycles. The van der Waals surface area contributed by atoms with Gasteiger partial charge in [0, 0.05) is 0 Å². The Kier molecular flexibility index (Phi) is 3.96. The van der Waals surface area contributed by atoms with Crippen molar-refractivity contribution in [3.8, 4) is 11.1 Å². The van der Waals surface area contributed by atoms with Gasteiger partial charge in [-0.15, -0.1) is 0 Å². The number of hydrogen-bond donors (Lipinski definition) is 0. The summed E-state index contributed by atoms with van der Waals surface area (Å²) < 4.78 is 0. The van der Waals surface area contributed by atoms with E-state index in [1.165, 1.54) is 53.4 Å². The Morgan fingerprint density at radius 1 is 0.394 bits per heavy atom. The van der Waals surface area contributed by atoms with E-state index in [1.54, 1.807) is 0 Å². The van der Waals surface area contributed by atoms with Crippen LogP contribution in [0.15, 0.2) is 133 Å². The predicted molar refractivity (Wildman–Crippen MR) is 144 cm³/mol. The summed E-state index contributed by atoms with van der Waals surface area (Å²) >= 11 is 0. The van der Waals surface area contributed by atoms with Crippen LogP contribution in [0.2, 0.25) is 0 Å². The quantitative estimate of drug-likeness (QED) is 0.254. The molecule has 0 bridgehead atoms. The molecule has 0 radical (unpaired) electrons. The minimum Gasteiger partial charge on any atom is -0.0623 e. The first-order chi connectivity index (χ1) is 16.4. The van der Waals surface area contributed by atoms with Crippen LogP contribution in [0.4, 0.5) is 0 Å². The van der Waals surface area contributed by atoms with Crippen LogP contribution in [0, 0.1) is 0 Å². The van der Waals surface area contributed by atoms with Gasteiger partial charge in [-0.3, -0.25) is 0 Å². The van der Waals surface area contributed by atoms with E-state index in [9.17, 15) is 0 Å². The Hall–Kier alpha value is -3.94. The largest absolute Gasteiger partial charge is 0.180 e. The zero-order valence-corrected chi connectivity index (χ0v) is 19.2. The molecule has 1 aliphatic heterocycles. The van der Waals surface area contributed by atoms with Crippen molar-refractivity contribution in [3.63, 3.8) is 0 Å². The molecule has 0 saturated carbocycles. The summed E-state index contributed by atoms with van der Waals surface area (Å²) in [6, 6.07) is 49.8. The lowest BCUT2D eigenvalue weighted by molar-refractivity contribution is 1.70. The molecule has 154 valence electrons. The first kappa shape index (κ1) is 18.6. The fraction of sp³-hybridized carbons (Fsp3) is 0. The summed E-state index contributed by atoms with van der Waals surface area (Å²) in [6.07, 6.45) is 0. The Morgan fingerprint density at radius 2 is 0.970 bits per heavy atom. The normalized spacial score (nSPS) is 13.7. The van der Waals surface area contributed by atoms with Gasteiger partial charge in [0.2, 0.25) is 0 Å². The van der Waals surface area contributed by atoms with E-state index in [-0.39, 0.29) is 0 Å². The van der Waals surface area contributed by atoms with Gasteiger partial charge in [-0.05, 0) is 65.6 Å². The topological polar surface area (TPSA) is 0 Å². The third-order valence-corrected chi connectivity index (χ3v) is 12.2. The van der Waals surface area contributed by atoms with Crippen molar-refractivity contribution >= 4 is 50.4 Å². The fourth-order valence-electron chi connectivity index (χ4n) is 5.95. The van der Waals surface area contributed by atoms with Gasteiger partial charge in [0.25, 0.3) is 0 Å². The molecule has 6 aromatic carbocycles. The highest BCUT2D eigenvalue weighted by molar-refractivity contribution is 7.22. The third-order valence-electron chi connectivity index (χ3n) is 7.30. The van der Waals surface area contributed by atoms with E-state index >= 15 is 0 Å². The van der Waals surface area contributed by atoms with E-state index in [1.807, 2.05) is 0 Å². The SMILES string of the molecule is c1ccc([Si]2(c3ccccc3)c3ccccc3-c3c2ccc2cc4ccccc4cc32)cc1. The second kappa shape index (κ2) is 7.03. The van der Waals surface area contributed by atoms with Crippen molar-refractivity contribution in [1.29, 1.82) is 0 Å².